The number of nitrogens with one attached hydrogen (secondary N) is 2. The molecule has 5 nitrogen and oxygen atoms in total. The number of carbonyl (C=O) groups excluding carboxylic acids is 1. The van der Waals surface area contributed by atoms with Crippen LogP contribution in [0.15, 0.2) is 24.3 Å². The molecule has 118 valence electrons. The number of carbonyl (C=O) groups is 1. The van der Waals surface area contributed by atoms with E-state index in [1.807, 2.05) is 45.3 Å². The van der Waals surface area contributed by atoms with Crippen molar-refractivity contribution < 1.29 is 9.53 Å². The molecule has 0 unspecified atom stereocenters. The predicted molar refractivity (Wildman–Crippen MR) is 86.9 cm³/mol. The minimum absolute atomic E-state index is 0.0262. The standard InChI is InChI=1S/C16H27N3O2/c1-12(16(2,3)11-19(4)5)17-15(20)18-13-9-7-8-10-14(13)21-6/h7-10,12H,11H2,1-6H3,(H2,17,18,20)/t12-/m0/s1. The number of hydrogen-bond acceptors (Lipinski definition) is 3. The van der Waals surface area contributed by atoms with E-state index in [-0.39, 0.29) is 17.5 Å². The molecule has 0 radical (unpaired) electrons. The van der Waals surface area contributed by atoms with E-state index in [0.717, 1.165) is 6.54 Å². The molecular formula is C16H27N3O2. The van der Waals surface area contributed by atoms with Gasteiger partial charge in [0.1, 0.15) is 5.75 Å². The van der Waals surface area contributed by atoms with Crippen molar-refractivity contribution in [2.45, 2.75) is 26.8 Å². The van der Waals surface area contributed by atoms with Crippen LogP contribution in [0.3, 0.4) is 0 Å². The molecule has 0 saturated heterocycles. The summed E-state index contributed by atoms with van der Waals surface area (Å²) >= 11 is 0. The van der Waals surface area contributed by atoms with Crippen LogP contribution in [0.1, 0.15) is 20.8 Å². The van der Waals surface area contributed by atoms with Crippen LogP contribution >= 0.6 is 0 Å². The van der Waals surface area contributed by atoms with E-state index in [9.17, 15) is 4.79 Å². The Balaban J connectivity index is 2.65. The number of hydrogen-bond donors (Lipinski definition) is 2. The highest BCUT2D eigenvalue weighted by molar-refractivity contribution is 5.91. The molecule has 2 N–H and O–H groups in total. The van der Waals surface area contributed by atoms with Crippen molar-refractivity contribution in [3.05, 3.63) is 24.3 Å². The van der Waals surface area contributed by atoms with Gasteiger partial charge in [0.2, 0.25) is 0 Å². The maximum absolute atomic E-state index is 12.1. The van der Waals surface area contributed by atoms with Crippen molar-refractivity contribution >= 4 is 11.7 Å². The molecule has 0 heterocycles. The van der Waals surface area contributed by atoms with Crippen molar-refractivity contribution in [1.29, 1.82) is 0 Å². The minimum Gasteiger partial charge on any atom is -0.495 e. The third kappa shape index (κ3) is 5.27. The van der Waals surface area contributed by atoms with Crippen LogP contribution in [0.4, 0.5) is 10.5 Å². The molecule has 1 atom stereocenters. The first kappa shape index (κ1) is 17.3. The van der Waals surface area contributed by atoms with Gasteiger partial charge >= 0.3 is 6.03 Å². The molecule has 1 aromatic carbocycles. The zero-order chi connectivity index (χ0) is 16.0. The van der Waals surface area contributed by atoms with Gasteiger partial charge in [0.25, 0.3) is 0 Å². The number of benzene rings is 1. The van der Waals surface area contributed by atoms with E-state index < -0.39 is 0 Å². The predicted octanol–water partition coefficient (Wildman–Crippen LogP) is 2.79. The smallest absolute Gasteiger partial charge is 0.319 e. The zero-order valence-electron chi connectivity index (χ0n) is 13.9. The van der Waals surface area contributed by atoms with Gasteiger partial charge in [0.15, 0.2) is 0 Å². The van der Waals surface area contributed by atoms with Gasteiger partial charge < -0.3 is 20.3 Å². The maximum atomic E-state index is 12.1. The molecule has 0 aliphatic heterocycles. The molecule has 0 aromatic heterocycles. The van der Waals surface area contributed by atoms with E-state index in [1.165, 1.54) is 0 Å². The summed E-state index contributed by atoms with van der Waals surface area (Å²) in [6.07, 6.45) is 0. The topological polar surface area (TPSA) is 53.6 Å². The fourth-order valence-corrected chi connectivity index (χ4v) is 2.25. The largest absolute Gasteiger partial charge is 0.495 e. The highest BCUT2D eigenvalue weighted by atomic mass is 16.5. The fraction of sp³-hybridized carbons (Fsp3) is 0.562. The molecule has 0 bridgehead atoms. The molecule has 0 saturated carbocycles. The fourth-order valence-electron chi connectivity index (χ4n) is 2.25. The Morgan fingerprint density at radius 3 is 2.52 bits per heavy atom. The molecule has 2 amide bonds. The van der Waals surface area contributed by atoms with E-state index >= 15 is 0 Å². The van der Waals surface area contributed by atoms with Gasteiger partial charge in [-0.05, 0) is 38.6 Å². The van der Waals surface area contributed by atoms with Crippen LogP contribution in [-0.2, 0) is 0 Å². The molecule has 0 spiro atoms. The van der Waals surface area contributed by atoms with Gasteiger partial charge in [-0.3, -0.25) is 0 Å². The molecule has 0 aliphatic carbocycles. The van der Waals surface area contributed by atoms with E-state index in [2.05, 4.69) is 29.4 Å². The van der Waals surface area contributed by atoms with Crippen molar-refractivity contribution in [1.82, 2.24) is 10.2 Å². The van der Waals surface area contributed by atoms with Crippen LogP contribution in [0.25, 0.3) is 0 Å². The van der Waals surface area contributed by atoms with Gasteiger partial charge in [-0.1, -0.05) is 26.0 Å². The number of rotatable bonds is 6. The number of amides is 2. The molecule has 5 heteroatoms. The Morgan fingerprint density at radius 1 is 1.33 bits per heavy atom. The average molecular weight is 293 g/mol. The van der Waals surface area contributed by atoms with Crippen LogP contribution in [0.5, 0.6) is 5.75 Å². The molecule has 0 aliphatic rings. The lowest BCUT2D eigenvalue weighted by atomic mass is 9.85. The minimum atomic E-state index is -0.223. The Kier molecular flexibility index (Phi) is 6.03. The maximum Gasteiger partial charge on any atom is 0.319 e. The van der Waals surface area contributed by atoms with Gasteiger partial charge in [-0.2, -0.15) is 0 Å². The second kappa shape index (κ2) is 7.31. The van der Waals surface area contributed by atoms with Gasteiger partial charge in [-0.15, -0.1) is 0 Å². The first-order chi connectivity index (χ1) is 9.76. The van der Waals surface area contributed by atoms with Crippen molar-refractivity contribution in [3.63, 3.8) is 0 Å². The molecule has 1 rings (SSSR count). The monoisotopic (exact) mass is 293 g/mol. The van der Waals surface area contributed by atoms with E-state index in [0.29, 0.717) is 11.4 Å². The third-order valence-corrected chi connectivity index (χ3v) is 3.60. The Labute approximate surface area is 127 Å². The Bertz CT molecular complexity index is 472. The lowest BCUT2D eigenvalue weighted by molar-refractivity contribution is 0.183. The normalized spacial score (nSPS) is 12.9. The van der Waals surface area contributed by atoms with Crippen LogP contribution in [0, 0.1) is 5.41 Å². The summed E-state index contributed by atoms with van der Waals surface area (Å²) in [6.45, 7) is 7.19. The number of methoxy groups -OCH3 is 1. The first-order valence-corrected chi connectivity index (χ1v) is 7.11. The molecule has 0 fully saturated rings. The van der Waals surface area contributed by atoms with Crippen molar-refractivity contribution in [2.24, 2.45) is 5.41 Å². The Hall–Kier alpha value is -1.75. The highest BCUT2D eigenvalue weighted by Gasteiger charge is 2.27. The second-order valence-electron chi connectivity index (χ2n) is 6.25. The highest BCUT2D eigenvalue weighted by Crippen LogP contribution is 2.24. The van der Waals surface area contributed by atoms with E-state index in [4.69, 9.17) is 4.74 Å². The van der Waals surface area contributed by atoms with Crippen molar-refractivity contribution in [2.75, 3.05) is 33.1 Å². The summed E-state index contributed by atoms with van der Waals surface area (Å²) in [5.41, 5.74) is 0.636. The molecule has 21 heavy (non-hydrogen) atoms. The van der Waals surface area contributed by atoms with Gasteiger partial charge in [0.05, 0.1) is 12.8 Å². The summed E-state index contributed by atoms with van der Waals surface area (Å²) < 4.78 is 5.22. The molecular weight excluding hydrogens is 266 g/mol. The SMILES string of the molecule is COc1ccccc1NC(=O)N[C@@H](C)C(C)(C)CN(C)C. The Morgan fingerprint density at radius 2 is 1.95 bits per heavy atom. The van der Waals surface area contributed by atoms with Gasteiger partial charge in [0, 0.05) is 12.6 Å². The number of anilines is 1. The number of ether oxygens (including phenoxy) is 1. The lowest BCUT2D eigenvalue weighted by Gasteiger charge is -2.34. The summed E-state index contributed by atoms with van der Waals surface area (Å²) in [5, 5.41) is 5.82. The number of para-hydroxylation sites is 2. The number of nitrogens with zero attached hydrogens (tertiary/aromatic N) is 1. The summed E-state index contributed by atoms with van der Waals surface area (Å²) in [6, 6.07) is 7.17. The third-order valence-electron chi connectivity index (χ3n) is 3.60. The van der Waals surface area contributed by atoms with Crippen LogP contribution in [0.2, 0.25) is 0 Å². The van der Waals surface area contributed by atoms with Crippen LogP contribution < -0.4 is 15.4 Å². The average Bonchev–Trinajstić information content (AvgIpc) is 2.37. The summed E-state index contributed by atoms with van der Waals surface area (Å²) in [5.74, 6) is 0.646. The quantitative estimate of drug-likeness (QED) is 0.848. The zero-order valence-corrected chi connectivity index (χ0v) is 13.9. The van der Waals surface area contributed by atoms with Crippen molar-refractivity contribution in [3.8, 4) is 5.75 Å². The first-order valence-electron chi connectivity index (χ1n) is 7.11. The summed E-state index contributed by atoms with van der Waals surface area (Å²) in [7, 11) is 5.65. The number of urea groups is 1. The van der Waals surface area contributed by atoms with Crippen LogP contribution in [-0.4, -0.2) is 44.7 Å². The van der Waals surface area contributed by atoms with Gasteiger partial charge in [-0.25, -0.2) is 4.79 Å². The molecule has 1 aromatic rings. The van der Waals surface area contributed by atoms with E-state index in [1.54, 1.807) is 7.11 Å². The second-order valence-corrected chi connectivity index (χ2v) is 6.25. The lowest BCUT2D eigenvalue weighted by Crippen LogP contribution is -2.48. The summed E-state index contributed by atoms with van der Waals surface area (Å²) in [4.78, 5) is 14.3.